The number of hydrogen-bond donors (Lipinski definition) is 2. The first-order valence-electron chi connectivity index (χ1n) is 6.77. The molecule has 0 heterocycles. The molecule has 1 saturated carbocycles. The minimum Gasteiger partial charge on any atom is -0.394 e. The third-order valence-corrected chi connectivity index (χ3v) is 5.72. The van der Waals surface area contributed by atoms with Crippen LogP contribution in [0, 0.1) is 11.3 Å². The zero-order valence-electron chi connectivity index (χ0n) is 11.5. The Bertz CT molecular complexity index is 661. The van der Waals surface area contributed by atoms with Gasteiger partial charge in [0.05, 0.1) is 27.6 Å². The summed E-state index contributed by atoms with van der Waals surface area (Å²) in [4.78, 5) is 0.00454. The molecule has 1 aromatic rings. The van der Waals surface area contributed by atoms with Crippen molar-refractivity contribution in [2.45, 2.75) is 42.5 Å². The molecule has 21 heavy (non-hydrogen) atoms. The van der Waals surface area contributed by atoms with Gasteiger partial charge in [-0.05, 0) is 31.0 Å². The van der Waals surface area contributed by atoms with Crippen molar-refractivity contribution in [1.29, 1.82) is 5.26 Å². The summed E-state index contributed by atoms with van der Waals surface area (Å²) in [6.45, 7) is -0.226. The second-order valence-corrected chi connectivity index (χ2v) is 7.45. The van der Waals surface area contributed by atoms with Crippen LogP contribution in [0.25, 0.3) is 0 Å². The van der Waals surface area contributed by atoms with Crippen molar-refractivity contribution in [3.63, 3.8) is 0 Å². The number of halogens is 1. The number of nitrogens with zero attached hydrogens (tertiary/aromatic N) is 1. The second-order valence-electron chi connectivity index (χ2n) is 5.36. The molecule has 7 heteroatoms. The number of nitrogens with one attached hydrogen (secondary N) is 1. The highest BCUT2D eigenvalue weighted by Crippen LogP contribution is 2.30. The van der Waals surface area contributed by atoms with Crippen LogP contribution < -0.4 is 4.72 Å². The third kappa shape index (κ3) is 3.55. The highest BCUT2D eigenvalue weighted by atomic mass is 35.5. The normalized spacial score (nSPS) is 18.1. The topological polar surface area (TPSA) is 90.2 Å². The summed E-state index contributed by atoms with van der Waals surface area (Å²) >= 11 is 5.88. The zero-order chi connectivity index (χ0) is 15.5. The summed E-state index contributed by atoms with van der Waals surface area (Å²) in [5, 5.41) is 18.5. The van der Waals surface area contributed by atoms with E-state index in [4.69, 9.17) is 16.9 Å². The van der Waals surface area contributed by atoms with Gasteiger partial charge in [-0.25, -0.2) is 13.1 Å². The van der Waals surface area contributed by atoms with Crippen molar-refractivity contribution in [3.8, 4) is 6.07 Å². The highest BCUT2D eigenvalue weighted by Gasteiger charge is 2.36. The quantitative estimate of drug-likeness (QED) is 0.886. The number of rotatable bonds is 4. The van der Waals surface area contributed by atoms with Gasteiger partial charge >= 0.3 is 0 Å². The van der Waals surface area contributed by atoms with E-state index in [9.17, 15) is 13.5 Å². The van der Waals surface area contributed by atoms with Crippen molar-refractivity contribution >= 4 is 21.6 Å². The molecule has 1 aromatic carbocycles. The fourth-order valence-corrected chi connectivity index (χ4v) is 4.38. The molecule has 1 aliphatic rings. The Morgan fingerprint density at radius 2 is 2.00 bits per heavy atom. The Morgan fingerprint density at radius 1 is 1.33 bits per heavy atom. The molecule has 0 unspecified atom stereocenters. The molecule has 1 fully saturated rings. The standard InChI is InChI=1S/C14H17ClN2O3S/c15-13-8-12(5-4-11(13)9-16)21(19,20)17-14(10-18)6-2-1-3-7-14/h4-5,8,17-18H,1-3,6-7,10H2. The van der Waals surface area contributed by atoms with Gasteiger partial charge in [0.1, 0.15) is 6.07 Å². The van der Waals surface area contributed by atoms with E-state index in [-0.39, 0.29) is 22.1 Å². The first kappa shape index (κ1) is 16.2. The number of benzene rings is 1. The van der Waals surface area contributed by atoms with E-state index in [2.05, 4.69) is 4.72 Å². The molecule has 0 spiro atoms. The Balaban J connectivity index is 2.29. The molecule has 0 atom stereocenters. The van der Waals surface area contributed by atoms with Crippen LogP contribution in [0.4, 0.5) is 0 Å². The summed E-state index contributed by atoms with van der Waals surface area (Å²) in [7, 11) is -3.78. The predicted octanol–water partition coefficient (Wildman–Crippen LogP) is 2.19. The summed E-state index contributed by atoms with van der Waals surface area (Å²) in [5.74, 6) is 0. The van der Waals surface area contributed by atoms with Crippen molar-refractivity contribution in [2.75, 3.05) is 6.61 Å². The molecule has 0 bridgehead atoms. The van der Waals surface area contributed by atoms with Gasteiger partial charge in [-0.15, -0.1) is 0 Å². The first-order chi connectivity index (χ1) is 9.92. The van der Waals surface area contributed by atoms with Crippen LogP contribution in [-0.2, 0) is 10.0 Å². The van der Waals surface area contributed by atoms with E-state index in [0.29, 0.717) is 12.8 Å². The average molecular weight is 329 g/mol. The minimum atomic E-state index is -3.78. The van der Waals surface area contributed by atoms with E-state index in [1.165, 1.54) is 18.2 Å². The summed E-state index contributed by atoms with van der Waals surface area (Å²) in [6.07, 6.45) is 4.06. The minimum absolute atomic E-state index is 0.00454. The maximum Gasteiger partial charge on any atom is 0.241 e. The molecule has 114 valence electrons. The lowest BCUT2D eigenvalue weighted by Crippen LogP contribution is -2.52. The van der Waals surface area contributed by atoms with Crippen LogP contribution in [-0.4, -0.2) is 25.7 Å². The van der Waals surface area contributed by atoms with E-state index in [0.717, 1.165) is 19.3 Å². The molecule has 2 rings (SSSR count). The predicted molar refractivity (Wildman–Crippen MR) is 79.4 cm³/mol. The van der Waals surface area contributed by atoms with Gasteiger partial charge in [0.2, 0.25) is 10.0 Å². The van der Waals surface area contributed by atoms with Crippen molar-refractivity contribution in [1.82, 2.24) is 4.72 Å². The third-order valence-electron chi connectivity index (χ3n) is 3.84. The lowest BCUT2D eigenvalue weighted by molar-refractivity contribution is 0.142. The maximum atomic E-state index is 12.5. The van der Waals surface area contributed by atoms with Gasteiger partial charge in [-0.3, -0.25) is 0 Å². The van der Waals surface area contributed by atoms with Crippen LogP contribution in [0.5, 0.6) is 0 Å². The average Bonchev–Trinajstić information content (AvgIpc) is 2.47. The molecule has 0 aromatic heterocycles. The molecular weight excluding hydrogens is 312 g/mol. The number of sulfonamides is 1. The Labute approximate surface area is 129 Å². The smallest absolute Gasteiger partial charge is 0.241 e. The van der Waals surface area contributed by atoms with Gasteiger partial charge in [0.15, 0.2) is 0 Å². The Morgan fingerprint density at radius 3 is 2.52 bits per heavy atom. The van der Waals surface area contributed by atoms with Crippen molar-refractivity contribution < 1.29 is 13.5 Å². The number of aliphatic hydroxyl groups is 1. The first-order valence-corrected chi connectivity index (χ1v) is 8.63. The highest BCUT2D eigenvalue weighted by molar-refractivity contribution is 7.89. The van der Waals surface area contributed by atoms with Crippen molar-refractivity contribution in [3.05, 3.63) is 28.8 Å². The van der Waals surface area contributed by atoms with Crippen LogP contribution in [0.3, 0.4) is 0 Å². The molecule has 0 radical (unpaired) electrons. The lowest BCUT2D eigenvalue weighted by Gasteiger charge is -2.36. The van der Waals surface area contributed by atoms with Crippen LogP contribution in [0.15, 0.2) is 23.1 Å². The molecule has 2 N–H and O–H groups in total. The largest absolute Gasteiger partial charge is 0.394 e. The SMILES string of the molecule is N#Cc1ccc(S(=O)(=O)NC2(CO)CCCCC2)cc1Cl. The number of nitriles is 1. The zero-order valence-corrected chi connectivity index (χ0v) is 13.0. The molecule has 0 amide bonds. The second kappa shape index (κ2) is 6.32. The van der Waals surface area contributed by atoms with E-state index in [1.807, 2.05) is 6.07 Å². The molecule has 5 nitrogen and oxygen atoms in total. The van der Waals surface area contributed by atoms with Gasteiger partial charge in [0, 0.05) is 0 Å². The van der Waals surface area contributed by atoms with Crippen molar-refractivity contribution in [2.24, 2.45) is 0 Å². The summed E-state index contributed by atoms with van der Waals surface area (Å²) in [5.41, 5.74) is -0.567. The van der Waals surface area contributed by atoms with Crippen LogP contribution in [0.2, 0.25) is 5.02 Å². The van der Waals surface area contributed by atoms with E-state index < -0.39 is 15.6 Å². The van der Waals surface area contributed by atoms with E-state index in [1.54, 1.807) is 0 Å². The van der Waals surface area contributed by atoms with Crippen LogP contribution in [0.1, 0.15) is 37.7 Å². The fraction of sp³-hybridized carbons (Fsp3) is 0.500. The van der Waals surface area contributed by atoms with Gasteiger partial charge in [-0.2, -0.15) is 5.26 Å². The molecular formula is C14H17ClN2O3S. The summed E-state index contributed by atoms with van der Waals surface area (Å²) < 4.78 is 27.5. The van der Waals surface area contributed by atoms with E-state index >= 15 is 0 Å². The monoisotopic (exact) mass is 328 g/mol. The summed E-state index contributed by atoms with van der Waals surface area (Å²) in [6, 6.07) is 5.87. The Kier molecular flexibility index (Phi) is 4.89. The van der Waals surface area contributed by atoms with Gasteiger partial charge in [0.25, 0.3) is 0 Å². The van der Waals surface area contributed by atoms with Crippen LogP contribution >= 0.6 is 11.6 Å². The molecule has 0 aliphatic heterocycles. The lowest BCUT2D eigenvalue weighted by atomic mass is 9.83. The molecule has 0 saturated heterocycles. The molecule has 1 aliphatic carbocycles. The Hall–Kier alpha value is -1.13. The maximum absolute atomic E-state index is 12.5. The fourth-order valence-electron chi connectivity index (χ4n) is 2.62. The van der Waals surface area contributed by atoms with Gasteiger partial charge in [-0.1, -0.05) is 30.9 Å². The van der Waals surface area contributed by atoms with Gasteiger partial charge < -0.3 is 5.11 Å². The number of hydrogen-bond acceptors (Lipinski definition) is 4. The number of aliphatic hydroxyl groups excluding tert-OH is 1.